The van der Waals surface area contributed by atoms with E-state index in [9.17, 15) is 13.2 Å². The molecule has 20 heavy (non-hydrogen) atoms. The van der Waals surface area contributed by atoms with E-state index in [4.69, 9.17) is 9.29 Å². The maximum atomic E-state index is 12.1. The van der Waals surface area contributed by atoms with Crippen molar-refractivity contribution in [3.63, 3.8) is 0 Å². The average Bonchev–Trinajstić information content (AvgIpc) is 2.45. The minimum absolute atomic E-state index is 0.130. The predicted molar refractivity (Wildman–Crippen MR) is 69.9 cm³/mol. The number of hydrogen-bond donors (Lipinski definition) is 1. The lowest BCUT2D eigenvalue weighted by Crippen LogP contribution is -2.55. The summed E-state index contributed by atoms with van der Waals surface area (Å²) in [4.78, 5) is 13.8. The van der Waals surface area contributed by atoms with Crippen LogP contribution in [-0.2, 0) is 21.3 Å². The molecule has 0 aromatic carbocycles. The van der Waals surface area contributed by atoms with Gasteiger partial charge < -0.3 is 4.74 Å². The van der Waals surface area contributed by atoms with Crippen LogP contribution in [0, 0.1) is 0 Å². The number of carbonyl (C=O) groups is 1. The van der Waals surface area contributed by atoms with Gasteiger partial charge in [-0.05, 0) is 24.1 Å². The molecule has 1 N–H and O–H groups in total. The first kappa shape index (κ1) is 14.9. The molecule has 1 aliphatic heterocycles. The van der Waals surface area contributed by atoms with E-state index in [2.05, 4.69) is 0 Å². The van der Waals surface area contributed by atoms with Crippen LogP contribution in [0.4, 0.5) is 4.79 Å². The topological polar surface area (TPSA) is 87.8 Å². The van der Waals surface area contributed by atoms with Gasteiger partial charge in [0.1, 0.15) is 13.1 Å². The Bertz CT molecular complexity index is 564. The summed E-state index contributed by atoms with van der Waals surface area (Å²) in [6, 6.07) is 3.21. The summed E-state index contributed by atoms with van der Waals surface area (Å²) in [5, 5.41) is 0. The van der Waals surface area contributed by atoms with E-state index in [1.54, 1.807) is 29.4 Å². The van der Waals surface area contributed by atoms with Crippen molar-refractivity contribution in [1.29, 1.82) is 0 Å². The molecule has 0 aliphatic carbocycles. The highest BCUT2D eigenvalue weighted by Gasteiger charge is 2.26. The Morgan fingerprint density at radius 2 is 1.90 bits per heavy atom. The molecule has 1 amide bonds. The lowest BCUT2D eigenvalue weighted by atomic mass is 10.2. The zero-order valence-electron chi connectivity index (χ0n) is 10.9. The van der Waals surface area contributed by atoms with Crippen molar-refractivity contribution in [2.24, 2.45) is 0 Å². The summed E-state index contributed by atoms with van der Waals surface area (Å²) in [7, 11) is -3.96. The van der Waals surface area contributed by atoms with Gasteiger partial charge >= 0.3 is 6.03 Å². The van der Waals surface area contributed by atoms with E-state index in [-0.39, 0.29) is 18.2 Å². The second-order valence-corrected chi connectivity index (χ2v) is 6.10. The summed E-state index contributed by atoms with van der Waals surface area (Å²) >= 11 is 0. The smallest absolute Gasteiger partial charge is 0.373 e. The van der Waals surface area contributed by atoms with Crippen molar-refractivity contribution >= 4 is 16.1 Å². The third kappa shape index (κ3) is 4.26. The van der Waals surface area contributed by atoms with Crippen molar-refractivity contribution < 1.29 is 27.1 Å². The van der Waals surface area contributed by atoms with Crippen LogP contribution in [0.1, 0.15) is 5.56 Å². The Hall–Kier alpha value is -1.51. The quantitative estimate of drug-likeness (QED) is 0.612. The number of aromatic nitrogens is 1. The molecule has 1 saturated heterocycles. The van der Waals surface area contributed by atoms with Crippen molar-refractivity contribution in [3.05, 3.63) is 30.1 Å². The number of nitrogens with zero attached hydrogens (tertiary/aromatic N) is 2. The van der Waals surface area contributed by atoms with Crippen molar-refractivity contribution in [3.8, 4) is 0 Å². The van der Waals surface area contributed by atoms with Gasteiger partial charge in [0, 0.05) is 0 Å². The lowest BCUT2D eigenvalue weighted by molar-refractivity contribution is -0.578. The van der Waals surface area contributed by atoms with E-state index >= 15 is 0 Å². The Balaban J connectivity index is 1.98. The van der Waals surface area contributed by atoms with Gasteiger partial charge in [-0.15, -0.1) is 0 Å². The van der Waals surface area contributed by atoms with Crippen LogP contribution in [0.3, 0.4) is 0 Å². The maximum Gasteiger partial charge on any atom is 0.498 e. The molecule has 1 fully saturated rings. The van der Waals surface area contributed by atoms with E-state index in [0.717, 1.165) is 5.56 Å². The highest BCUT2D eigenvalue weighted by molar-refractivity contribution is 7.85. The zero-order valence-corrected chi connectivity index (χ0v) is 11.8. The van der Waals surface area contributed by atoms with E-state index in [1.807, 2.05) is 0 Å². The molecule has 0 bridgehead atoms. The Kier molecular flexibility index (Phi) is 4.69. The molecule has 1 aromatic heterocycles. The molecule has 0 radical (unpaired) electrons. The number of rotatable bonds is 3. The standard InChI is InChI=1S/C12H16N2O5S/c15-12(14-6-8-19-9-7-14)13-4-1-11(2-5-13)3-10-20(16,17)18/h1-2,4-5H,3,6-10H2/p+1. The molecular weight excluding hydrogens is 284 g/mol. The van der Waals surface area contributed by atoms with Gasteiger partial charge in [-0.1, -0.05) is 0 Å². The molecular formula is C12H17N2O5S+. The number of carbonyl (C=O) groups excluding carboxylic acids is 1. The number of aryl methyl sites for hydroxylation is 1. The normalized spacial score (nSPS) is 16.1. The second kappa shape index (κ2) is 6.29. The SMILES string of the molecule is O=C(N1CCOCC1)[n+]1ccc(CCS(=O)(=O)O)cc1. The number of pyridine rings is 1. The van der Waals surface area contributed by atoms with Crippen LogP contribution in [0.2, 0.25) is 0 Å². The molecule has 1 aromatic rings. The number of ether oxygens (including phenoxy) is 1. The number of morpholine rings is 1. The van der Waals surface area contributed by atoms with Crippen LogP contribution in [0.5, 0.6) is 0 Å². The first-order valence-electron chi connectivity index (χ1n) is 6.28. The highest BCUT2D eigenvalue weighted by atomic mass is 32.2. The fourth-order valence-electron chi connectivity index (χ4n) is 1.92. The minimum atomic E-state index is -3.96. The minimum Gasteiger partial charge on any atom is -0.373 e. The van der Waals surface area contributed by atoms with Crippen LogP contribution in [-0.4, -0.2) is 56.0 Å². The highest BCUT2D eigenvalue weighted by Crippen LogP contribution is 2.01. The summed E-state index contributed by atoms with van der Waals surface area (Å²) in [6.07, 6.45) is 3.40. The first-order valence-corrected chi connectivity index (χ1v) is 7.89. The van der Waals surface area contributed by atoms with Crippen LogP contribution in [0.25, 0.3) is 0 Å². The molecule has 0 atom stereocenters. The van der Waals surface area contributed by atoms with Gasteiger partial charge in [0.15, 0.2) is 0 Å². The number of hydrogen-bond acceptors (Lipinski definition) is 4. The third-order valence-corrected chi connectivity index (χ3v) is 3.77. The summed E-state index contributed by atoms with van der Waals surface area (Å²) < 4.78 is 36.6. The molecule has 2 heterocycles. The van der Waals surface area contributed by atoms with Gasteiger partial charge in [-0.2, -0.15) is 17.8 Å². The van der Waals surface area contributed by atoms with Crippen LogP contribution < -0.4 is 4.57 Å². The largest absolute Gasteiger partial charge is 0.498 e. The fourth-order valence-corrected chi connectivity index (χ4v) is 2.41. The third-order valence-electron chi connectivity index (χ3n) is 3.05. The van der Waals surface area contributed by atoms with E-state index in [1.165, 1.54) is 4.57 Å². The average molecular weight is 301 g/mol. The predicted octanol–water partition coefficient (Wildman–Crippen LogP) is -0.295. The van der Waals surface area contributed by atoms with Crippen molar-refractivity contribution in [1.82, 2.24) is 4.90 Å². The summed E-state index contributed by atoms with van der Waals surface area (Å²) in [5.41, 5.74) is 0.744. The molecule has 0 unspecified atom stereocenters. The first-order chi connectivity index (χ1) is 9.46. The molecule has 0 spiro atoms. The second-order valence-electron chi connectivity index (χ2n) is 4.53. The van der Waals surface area contributed by atoms with Gasteiger partial charge in [0.05, 0.1) is 31.4 Å². The molecule has 0 saturated carbocycles. The molecule has 1 aliphatic rings. The van der Waals surface area contributed by atoms with Crippen molar-refractivity contribution in [2.45, 2.75) is 6.42 Å². The van der Waals surface area contributed by atoms with Crippen LogP contribution >= 0.6 is 0 Å². The van der Waals surface area contributed by atoms with E-state index < -0.39 is 10.1 Å². The van der Waals surface area contributed by atoms with E-state index in [0.29, 0.717) is 26.3 Å². The maximum absolute atomic E-state index is 12.1. The fraction of sp³-hybridized carbons (Fsp3) is 0.500. The summed E-state index contributed by atoms with van der Waals surface area (Å²) in [5.74, 6) is -0.325. The Morgan fingerprint density at radius 3 is 2.45 bits per heavy atom. The van der Waals surface area contributed by atoms with Crippen molar-refractivity contribution in [2.75, 3.05) is 32.1 Å². The zero-order chi connectivity index (χ0) is 14.6. The molecule has 8 heteroatoms. The lowest BCUT2D eigenvalue weighted by Gasteiger charge is -2.19. The van der Waals surface area contributed by atoms with Gasteiger partial charge in [-0.25, -0.2) is 4.90 Å². The Labute approximate surface area is 117 Å². The summed E-state index contributed by atoms with van der Waals surface area (Å²) in [6.45, 7) is 2.21. The van der Waals surface area contributed by atoms with Crippen LogP contribution in [0.15, 0.2) is 24.5 Å². The van der Waals surface area contributed by atoms with Gasteiger partial charge in [-0.3, -0.25) is 4.55 Å². The van der Waals surface area contributed by atoms with Gasteiger partial charge in [0.25, 0.3) is 10.1 Å². The molecule has 7 nitrogen and oxygen atoms in total. The monoisotopic (exact) mass is 301 g/mol. The Morgan fingerprint density at radius 1 is 1.30 bits per heavy atom. The molecule has 2 rings (SSSR count). The molecule has 110 valence electrons. The number of amides is 1. The van der Waals surface area contributed by atoms with Gasteiger partial charge in [0.2, 0.25) is 0 Å².